The van der Waals surface area contributed by atoms with Crippen LogP contribution in [0.2, 0.25) is 0 Å². The Bertz CT molecular complexity index is 596. The van der Waals surface area contributed by atoms with Gasteiger partial charge in [0.15, 0.2) is 0 Å². The van der Waals surface area contributed by atoms with Crippen LogP contribution < -0.4 is 10.6 Å². The smallest absolute Gasteiger partial charge is 0.218 e. The van der Waals surface area contributed by atoms with Crippen LogP contribution in [0.3, 0.4) is 0 Å². The maximum absolute atomic E-state index is 11.4. The molecule has 1 amide bonds. The fourth-order valence-corrected chi connectivity index (χ4v) is 2.57. The second-order valence-electron chi connectivity index (χ2n) is 4.58. The summed E-state index contributed by atoms with van der Waals surface area (Å²) in [6, 6.07) is 9.58. The minimum atomic E-state index is -0.732. The van der Waals surface area contributed by atoms with Gasteiger partial charge in [0.25, 0.3) is 0 Å². The Morgan fingerprint density at radius 2 is 2.26 bits per heavy atom. The predicted octanol–water partition coefficient (Wildman–Crippen LogP) is 0.907. The van der Waals surface area contributed by atoms with Gasteiger partial charge in [-0.3, -0.25) is 10.1 Å². The normalized spacial score (nSPS) is 20.2. The quantitative estimate of drug-likeness (QED) is 0.619. The highest BCUT2D eigenvalue weighted by molar-refractivity contribution is 5.74. The SMILES string of the molecule is CC(=O)NC1(NCC#N)CCc2ccc(C#N)cc21. The Hall–Kier alpha value is -2.37. The Kier molecular flexibility index (Phi) is 3.50. The van der Waals surface area contributed by atoms with E-state index in [2.05, 4.69) is 16.7 Å². The summed E-state index contributed by atoms with van der Waals surface area (Å²) in [7, 11) is 0. The minimum Gasteiger partial charge on any atom is -0.334 e. The van der Waals surface area contributed by atoms with Crippen LogP contribution in [0.15, 0.2) is 18.2 Å². The molecule has 1 unspecified atom stereocenters. The van der Waals surface area contributed by atoms with E-state index in [9.17, 15) is 4.79 Å². The third-order valence-corrected chi connectivity index (χ3v) is 3.33. The Morgan fingerprint density at radius 3 is 2.89 bits per heavy atom. The van der Waals surface area contributed by atoms with Gasteiger partial charge in [0.2, 0.25) is 5.91 Å². The molecule has 5 nitrogen and oxygen atoms in total. The van der Waals surface area contributed by atoms with Gasteiger partial charge in [-0.05, 0) is 36.1 Å². The van der Waals surface area contributed by atoms with Gasteiger partial charge >= 0.3 is 0 Å². The average molecular weight is 254 g/mol. The summed E-state index contributed by atoms with van der Waals surface area (Å²) >= 11 is 0. The van der Waals surface area contributed by atoms with E-state index in [-0.39, 0.29) is 12.5 Å². The second-order valence-corrected chi connectivity index (χ2v) is 4.58. The van der Waals surface area contributed by atoms with Crippen LogP contribution in [0.4, 0.5) is 0 Å². The molecule has 19 heavy (non-hydrogen) atoms. The largest absolute Gasteiger partial charge is 0.334 e. The molecule has 2 rings (SSSR count). The number of nitrogens with zero attached hydrogens (tertiary/aromatic N) is 2. The molecular formula is C14H14N4O. The Balaban J connectivity index is 2.45. The lowest BCUT2D eigenvalue weighted by atomic mass is 9.99. The molecule has 0 aliphatic heterocycles. The number of carbonyl (C=O) groups excluding carboxylic acids is 1. The molecule has 2 N–H and O–H groups in total. The third kappa shape index (κ3) is 2.42. The maximum atomic E-state index is 11.4. The van der Waals surface area contributed by atoms with Crippen molar-refractivity contribution in [1.29, 1.82) is 10.5 Å². The summed E-state index contributed by atoms with van der Waals surface area (Å²) in [5.41, 5.74) is 1.80. The molecule has 1 aromatic carbocycles. The van der Waals surface area contributed by atoms with Gasteiger partial charge in [-0.15, -0.1) is 0 Å². The van der Waals surface area contributed by atoms with Crippen LogP contribution >= 0.6 is 0 Å². The molecule has 0 spiro atoms. The molecule has 0 saturated heterocycles. The van der Waals surface area contributed by atoms with Crippen molar-refractivity contribution in [3.63, 3.8) is 0 Å². The number of nitrogens with one attached hydrogen (secondary N) is 2. The highest BCUT2D eigenvalue weighted by Gasteiger charge is 2.39. The standard InChI is InChI=1S/C14H14N4O/c1-10(19)18-14(17-7-6-15)5-4-12-3-2-11(9-16)8-13(12)14/h2-3,8,17H,4-5,7H2,1H3,(H,18,19). The van der Waals surface area contributed by atoms with Crippen LogP contribution in [-0.2, 0) is 16.9 Å². The monoisotopic (exact) mass is 254 g/mol. The van der Waals surface area contributed by atoms with Gasteiger partial charge in [-0.2, -0.15) is 10.5 Å². The predicted molar refractivity (Wildman–Crippen MR) is 68.6 cm³/mol. The van der Waals surface area contributed by atoms with Gasteiger partial charge in [0, 0.05) is 6.92 Å². The first kappa shape index (κ1) is 13.1. The van der Waals surface area contributed by atoms with Gasteiger partial charge in [-0.25, -0.2) is 0 Å². The Labute approximate surface area is 111 Å². The molecule has 0 radical (unpaired) electrons. The number of aryl methyl sites for hydroxylation is 1. The zero-order valence-electron chi connectivity index (χ0n) is 10.7. The highest BCUT2D eigenvalue weighted by atomic mass is 16.1. The number of hydrogen-bond donors (Lipinski definition) is 2. The van der Waals surface area contributed by atoms with E-state index < -0.39 is 5.66 Å². The number of benzene rings is 1. The van der Waals surface area contributed by atoms with Crippen molar-refractivity contribution in [2.75, 3.05) is 6.54 Å². The summed E-state index contributed by atoms with van der Waals surface area (Å²) in [4.78, 5) is 11.4. The molecule has 1 aliphatic carbocycles. The van der Waals surface area contributed by atoms with Crippen LogP contribution in [-0.4, -0.2) is 12.5 Å². The van der Waals surface area contributed by atoms with Crippen molar-refractivity contribution < 1.29 is 4.79 Å². The van der Waals surface area contributed by atoms with Crippen LogP contribution in [0.5, 0.6) is 0 Å². The lowest BCUT2D eigenvalue weighted by Gasteiger charge is -2.31. The van der Waals surface area contributed by atoms with E-state index in [0.717, 1.165) is 17.5 Å². The number of rotatable bonds is 3. The molecule has 1 aromatic rings. The van der Waals surface area contributed by atoms with E-state index in [1.165, 1.54) is 6.92 Å². The van der Waals surface area contributed by atoms with E-state index >= 15 is 0 Å². The Morgan fingerprint density at radius 1 is 1.47 bits per heavy atom. The van der Waals surface area contributed by atoms with Crippen LogP contribution in [0.25, 0.3) is 0 Å². The third-order valence-electron chi connectivity index (χ3n) is 3.33. The van der Waals surface area contributed by atoms with E-state index in [4.69, 9.17) is 10.5 Å². The van der Waals surface area contributed by atoms with Crippen LogP contribution in [0, 0.1) is 22.7 Å². The summed E-state index contributed by atoms with van der Waals surface area (Å²) in [6.07, 6.45) is 1.48. The molecule has 96 valence electrons. The minimum absolute atomic E-state index is 0.135. The molecule has 1 aliphatic rings. The fraction of sp³-hybridized carbons (Fsp3) is 0.357. The second kappa shape index (κ2) is 5.09. The van der Waals surface area contributed by atoms with Crippen LogP contribution in [0.1, 0.15) is 30.0 Å². The van der Waals surface area contributed by atoms with E-state index in [1.54, 1.807) is 12.1 Å². The molecule has 0 fully saturated rings. The number of fused-ring (bicyclic) bond motifs is 1. The van der Waals surface area contributed by atoms with Gasteiger partial charge in [-0.1, -0.05) is 6.07 Å². The van der Waals surface area contributed by atoms with Gasteiger partial charge < -0.3 is 5.32 Å². The molecule has 0 heterocycles. The fourth-order valence-electron chi connectivity index (χ4n) is 2.57. The van der Waals surface area contributed by atoms with Crippen molar-refractivity contribution in [1.82, 2.24) is 10.6 Å². The molecular weight excluding hydrogens is 240 g/mol. The van der Waals surface area contributed by atoms with Crippen molar-refractivity contribution in [2.24, 2.45) is 0 Å². The van der Waals surface area contributed by atoms with E-state index in [1.807, 2.05) is 12.1 Å². The van der Waals surface area contributed by atoms with Crippen molar-refractivity contribution >= 4 is 5.91 Å². The lowest BCUT2D eigenvalue weighted by Crippen LogP contribution is -2.54. The zero-order valence-corrected chi connectivity index (χ0v) is 10.7. The first-order valence-corrected chi connectivity index (χ1v) is 6.05. The summed E-state index contributed by atoms with van der Waals surface area (Å²) < 4.78 is 0. The maximum Gasteiger partial charge on any atom is 0.218 e. The molecule has 1 atom stereocenters. The molecule has 5 heteroatoms. The van der Waals surface area contributed by atoms with Gasteiger partial charge in [0.1, 0.15) is 5.66 Å². The molecule has 0 saturated carbocycles. The topological polar surface area (TPSA) is 88.7 Å². The summed E-state index contributed by atoms with van der Waals surface area (Å²) in [5.74, 6) is -0.166. The number of amides is 1. The highest BCUT2D eigenvalue weighted by Crippen LogP contribution is 2.35. The number of hydrogen-bond acceptors (Lipinski definition) is 4. The number of carbonyl (C=O) groups is 1. The van der Waals surface area contributed by atoms with Crippen molar-refractivity contribution in [2.45, 2.75) is 25.4 Å². The summed E-state index contributed by atoms with van der Waals surface area (Å²) in [5, 5.41) is 23.7. The van der Waals surface area contributed by atoms with Crippen molar-refractivity contribution in [3.05, 3.63) is 34.9 Å². The zero-order chi connectivity index (χ0) is 13.9. The first-order valence-electron chi connectivity index (χ1n) is 6.05. The summed E-state index contributed by atoms with van der Waals surface area (Å²) in [6.45, 7) is 1.58. The number of nitriles is 2. The van der Waals surface area contributed by atoms with Gasteiger partial charge in [0.05, 0.1) is 24.2 Å². The molecule has 0 bridgehead atoms. The lowest BCUT2D eigenvalue weighted by molar-refractivity contribution is -0.121. The average Bonchev–Trinajstić information content (AvgIpc) is 2.74. The first-order chi connectivity index (χ1) is 9.11. The molecule has 0 aromatic heterocycles. The van der Waals surface area contributed by atoms with E-state index in [0.29, 0.717) is 12.0 Å². The van der Waals surface area contributed by atoms with Crippen molar-refractivity contribution in [3.8, 4) is 12.1 Å².